The van der Waals surface area contributed by atoms with Crippen LogP contribution in [0.1, 0.15) is 64.2 Å². The van der Waals surface area contributed by atoms with Crippen LogP contribution in [0, 0.1) is 59.2 Å². The predicted molar refractivity (Wildman–Crippen MR) is 80.8 cm³/mol. The van der Waals surface area contributed by atoms with Crippen LogP contribution in [0.4, 0.5) is 0 Å². The standard InChI is InChI=1S/C20H29/c1-11-3-15-5-12(1)6-16(4-11)19(15)20-17-7-13-2-14(9-17)10-18(20)8-13/h11-19H,1-10H2/q+1. The van der Waals surface area contributed by atoms with Crippen LogP contribution in [0.15, 0.2) is 0 Å². The third kappa shape index (κ3) is 1.42. The zero-order valence-corrected chi connectivity index (χ0v) is 12.8. The van der Waals surface area contributed by atoms with E-state index in [0.717, 1.165) is 53.3 Å². The second-order valence-corrected chi connectivity index (χ2v) is 9.76. The molecule has 8 aliphatic rings. The minimum absolute atomic E-state index is 1.11. The van der Waals surface area contributed by atoms with Gasteiger partial charge in [0.25, 0.3) is 0 Å². The molecular formula is C20H29+. The Bertz CT molecular complexity index is 326. The fourth-order valence-corrected chi connectivity index (χ4v) is 8.74. The summed E-state index contributed by atoms with van der Waals surface area (Å²) in [5.41, 5.74) is 0. The third-order valence-corrected chi connectivity index (χ3v) is 8.69. The van der Waals surface area contributed by atoms with E-state index in [2.05, 4.69) is 5.92 Å². The third-order valence-electron chi connectivity index (χ3n) is 8.69. The van der Waals surface area contributed by atoms with Gasteiger partial charge < -0.3 is 0 Å². The molecule has 0 heterocycles. The van der Waals surface area contributed by atoms with Crippen molar-refractivity contribution in [2.24, 2.45) is 53.3 Å². The van der Waals surface area contributed by atoms with Crippen LogP contribution < -0.4 is 0 Å². The maximum absolute atomic E-state index is 2.19. The zero-order chi connectivity index (χ0) is 12.8. The lowest BCUT2D eigenvalue weighted by molar-refractivity contribution is -0.0698. The highest BCUT2D eigenvalue weighted by Crippen LogP contribution is 2.66. The summed E-state index contributed by atoms with van der Waals surface area (Å²) in [7, 11) is 0. The van der Waals surface area contributed by atoms with Crippen molar-refractivity contribution in [2.75, 3.05) is 0 Å². The number of hydrogen-bond donors (Lipinski definition) is 0. The van der Waals surface area contributed by atoms with Crippen molar-refractivity contribution in [2.45, 2.75) is 64.2 Å². The first-order chi connectivity index (χ1) is 9.83. The van der Waals surface area contributed by atoms with Crippen LogP contribution in [0.3, 0.4) is 0 Å². The molecule has 0 atom stereocenters. The summed E-state index contributed by atoms with van der Waals surface area (Å²) in [6.07, 6.45) is 16.2. The van der Waals surface area contributed by atoms with E-state index in [-0.39, 0.29) is 0 Å². The van der Waals surface area contributed by atoms with Crippen molar-refractivity contribution >= 4 is 0 Å². The molecule has 0 amide bonds. The zero-order valence-electron chi connectivity index (χ0n) is 12.8. The maximum atomic E-state index is 2.19. The molecular weight excluding hydrogens is 240 g/mol. The van der Waals surface area contributed by atoms with Gasteiger partial charge in [-0.15, -0.1) is 0 Å². The first-order valence-corrected chi connectivity index (χ1v) is 9.70. The molecule has 0 aromatic rings. The van der Waals surface area contributed by atoms with E-state index in [1.165, 1.54) is 0 Å². The van der Waals surface area contributed by atoms with E-state index < -0.39 is 0 Å². The van der Waals surface area contributed by atoms with Gasteiger partial charge >= 0.3 is 0 Å². The Kier molecular flexibility index (Phi) is 2.17. The van der Waals surface area contributed by atoms with Gasteiger partial charge in [0.15, 0.2) is 0 Å². The van der Waals surface area contributed by atoms with Crippen LogP contribution in [0.5, 0.6) is 0 Å². The Balaban J connectivity index is 1.34. The molecule has 20 heavy (non-hydrogen) atoms. The van der Waals surface area contributed by atoms with Crippen molar-refractivity contribution in [3.8, 4) is 0 Å². The average Bonchev–Trinajstić information content (AvgIpc) is 2.39. The Hall–Kier alpha value is -0.130. The Labute approximate surface area is 124 Å². The molecule has 8 bridgehead atoms. The molecule has 108 valence electrons. The summed E-state index contributed by atoms with van der Waals surface area (Å²) in [6, 6.07) is 0. The number of fused-ring (bicyclic) bond motifs is 1. The SMILES string of the molecule is C1C2CC3CC1CC(C2)[C+]3C1C2CC3CC(C2)CC1C3. The van der Waals surface area contributed by atoms with Crippen molar-refractivity contribution in [1.29, 1.82) is 0 Å². The van der Waals surface area contributed by atoms with Crippen LogP contribution in [-0.2, 0) is 0 Å². The van der Waals surface area contributed by atoms with Crippen molar-refractivity contribution < 1.29 is 0 Å². The molecule has 0 spiro atoms. The highest BCUT2D eigenvalue weighted by Gasteiger charge is 2.64. The molecule has 8 aliphatic carbocycles. The fourth-order valence-electron chi connectivity index (χ4n) is 8.74. The summed E-state index contributed by atoms with van der Waals surface area (Å²) in [5, 5.41) is 0. The van der Waals surface area contributed by atoms with E-state index in [1.807, 2.05) is 0 Å². The van der Waals surface area contributed by atoms with E-state index in [9.17, 15) is 0 Å². The summed E-state index contributed by atoms with van der Waals surface area (Å²) >= 11 is 0. The van der Waals surface area contributed by atoms with Crippen molar-refractivity contribution in [3.05, 3.63) is 5.92 Å². The molecule has 0 aliphatic heterocycles. The first-order valence-electron chi connectivity index (χ1n) is 9.70. The molecule has 0 aromatic heterocycles. The Morgan fingerprint density at radius 2 is 0.850 bits per heavy atom. The molecule has 0 unspecified atom stereocenters. The monoisotopic (exact) mass is 269 g/mol. The van der Waals surface area contributed by atoms with Crippen LogP contribution in [-0.4, -0.2) is 0 Å². The second-order valence-electron chi connectivity index (χ2n) is 9.76. The van der Waals surface area contributed by atoms with Gasteiger partial charge in [0.1, 0.15) is 23.7 Å². The van der Waals surface area contributed by atoms with E-state index >= 15 is 0 Å². The summed E-state index contributed by atoms with van der Waals surface area (Å²) in [4.78, 5) is 0. The molecule has 0 nitrogen and oxygen atoms in total. The molecule has 0 radical (unpaired) electrons. The topological polar surface area (TPSA) is 0 Å². The summed E-state index contributed by atoms with van der Waals surface area (Å²) in [6.45, 7) is 0. The lowest BCUT2D eigenvalue weighted by Crippen LogP contribution is -2.54. The van der Waals surface area contributed by atoms with E-state index in [4.69, 9.17) is 0 Å². The van der Waals surface area contributed by atoms with Gasteiger partial charge in [0.05, 0.1) is 0 Å². The van der Waals surface area contributed by atoms with Crippen LogP contribution in [0.2, 0.25) is 0 Å². The maximum Gasteiger partial charge on any atom is 0.106 e. The molecule has 8 saturated carbocycles. The molecule has 0 aromatic carbocycles. The van der Waals surface area contributed by atoms with E-state index in [1.54, 1.807) is 64.2 Å². The van der Waals surface area contributed by atoms with Crippen LogP contribution >= 0.6 is 0 Å². The van der Waals surface area contributed by atoms with E-state index in [0.29, 0.717) is 0 Å². The van der Waals surface area contributed by atoms with Crippen molar-refractivity contribution in [1.82, 2.24) is 0 Å². The Morgan fingerprint density at radius 3 is 1.30 bits per heavy atom. The fraction of sp³-hybridized carbons (Fsp3) is 0.950. The average molecular weight is 269 g/mol. The largest absolute Gasteiger partial charge is 0.106 e. The summed E-state index contributed by atoms with van der Waals surface area (Å²) in [5.74, 6) is 12.4. The predicted octanol–water partition coefficient (Wildman–Crippen LogP) is 5.09. The van der Waals surface area contributed by atoms with Gasteiger partial charge in [-0.3, -0.25) is 0 Å². The first kappa shape index (κ1) is 11.4. The van der Waals surface area contributed by atoms with Gasteiger partial charge in [-0.05, 0) is 87.9 Å². The quantitative estimate of drug-likeness (QED) is 0.582. The normalized spacial score (nSPS) is 62.4. The number of rotatable bonds is 1. The molecule has 0 saturated heterocycles. The smallest absolute Gasteiger partial charge is 0.0475 e. The lowest BCUT2D eigenvalue weighted by Gasteiger charge is -2.57. The highest BCUT2D eigenvalue weighted by molar-refractivity contribution is 5.20. The molecule has 0 N–H and O–H groups in total. The van der Waals surface area contributed by atoms with Gasteiger partial charge in [0.2, 0.25) is 0 Å². The molecule has 8 fully saturated rings. The van der Waals surface area contributed by atoms with Crippen molar-refractivity contribution in [3.63, 3.8) is 0 Å². The van der Waals surface area contributed by atoms with Crippen LogP contribution in [0.25, 0.3) is 0 Å². The minimum atomic E-state index is 1.11. The lowest BCUT2D eigenvalue weighted by atomic mass is 9.42. The molecule has 0 heteroatoms. The Morgan fingerprint density at radius 1 is 0.450 bits per heavy atom. The second kappa shape index (κ2) is 3.79. The highest BCUT2D eigenvalue weighted by atomic mass is 14.6. The van der Waals surface area contributed by atoms with Gasteiger partial charge in [0, 0.05) is 11.8 Å². The minimum Gasteiger partial charge on any atom is -0.0475 e. The molecule has 8 rings (SSSR count). The van der Waals surface area contributed by atoms with Gasteiger partial charge in [-0.2, -0.15) is 0 Å². The summed E-state index contributed by atoms with van der Waals surface area (Å²) < 4.78 is 0. The van der Waals surface area contributed by atoms with Gasteiger partial charge in [-0.25, -0.2) is 0 Å². The van der Waals surface area contributed by atoms with Gasteiger partial charge in [-0.1, -0.05) is 0 Å². The number of hydrogen-bond acceptors (Lipinski definition) is 0.